The second-order valence-electron chi connectivity index (χ2n) is 5.87. The fraction of sp³-hybridized carbons (Fsp3) is 0.158. The molecule has 26 heavy (non-hydrogen) atoms. The molecule has 3 rings (SSSR count). The summed E-state index contributed by atoms with van der Waals surface area (Å²) in [6, 6.07) is 15.8. The molecule has 2 unspecified atom stereocenters. The monoisotopic (exact) mass is 370 g/mol. The van der Waals surface area contributed by atoms with Crippen molar-refractivity contribution in [1.29, 1.82) is 0 Å². The standard InChI is InChI=1S/C19H17NO5P/c1-12(21)11-15(13-7-3-2-4-8-13)17-18(25-26(20)23)14-9-5-6-10-16(14)24-19(17)22/h2-10,15H,11,20H2,1H3/q-1. The largest absolute Gasteiger partial charge is 0.786 e. The molecule has 0 radical (unpaired) electrons. The Hall–Kier alpha value is -2.53. The van der Waals surface area contributed by atoms with Gasteiger partial charge in [0.2, 0.25) is 0 Å². The van der Waals surface area contributed by atoms with Crippen LogP contribution in [0.25, 0.3) is 11.0 Å². The molecular formula is C19H17NO5P-. The molecule has 2 atom stereocenters. The molecule has 2 aromatic carbocycles. The third kappa shape index (κ3) is 3.83. The summed E-state index contributed by atoms with van der Waals surface area (Å²) < 4.78 is 10.8. The summed E-state index contributed by atoms with van der Waals surface area (Å²) in [6.45, 7) is 1.45. The summed E-state index contributed by atoms with van der Waals surface area (Å²) in [4.78, 5) is 36.2. The first-order valence-corrected chi connectivity index (χ1v) is 9.22. The van der Waals surface area contributed by atoms with E-state index in [0.717, 1.165) is 5.56 Å². The maximum absolute atomic E-state index is 12.7. The lowest BCUT2D eigenvalue weighted by Crippen LogP contribution is -2.19. The molecule has 7 heteroatoms. The maximum Gasteiger partial charge on any atom is 0.343 e. The van der Waals surface area contributed by atoms with Crippen molar-refractivity contribution < 1.29 is 18.6 Å². The minimum atomic E-state index is -2.51. The minimum Gasteiger partial charge on any atom is -0.786 e. The van der Waals surface area contributed by atoms with Crippen LogP contribution in [0.4, 0.5) is 0 Å². The number of Topliss-reactive ketones (excluding diaryl/α,β-unsaturated/α-hetero) is 1. The van der Waals surface area contributed by atoms with Gasteiger partial charge in [-0.2, -0.15) is 0 Å². The predicted molar refractivity (Wildman–Crippen MR) is 97.8 cm³/mol. The first kappa shape index (κ1) is 18.3. The van der Waals surface area contributed by atoms with Gasteiger partial charge < -0.3 is 13.8 Å². The summed E-state index contributed by atoms with van der Waals surface area (Å²) in [5.74, 6) is -0.607. The van der Waals surface area contributed by atoms with E-state index in [2.05, 4.69) is 0 Å². The molecule has 0 aliphatic heterocycles. The molecule has 3 aromatic rings. The number of rotatable bonds is 6. The lowest BCUT2D eigenvalue weighted by atomic mass is 9.87. The van der Waals surface area contributed by atoms with Gasteiger partial charge in [0.25, 0.3) is 0 Å². The first-order chi connectivity index (χ1) is 12.5. The molecule has 0 saturated carbocycles. The van der Waals surface area contributed by atoms with Gasteiger partial charge in [0.1, 0.15) is 17.1 Å². The zero-order chi connectivity index (χ0) is 18.7. The van der Waals surface area contributed by atoms with Gasteiger partial charge in [0.15, 0.2) is 0 Å². The summed E-state index contributed by atoms with van der Waals surface area (Å²) in [5, 5.41) is 0.473. The lowest BCUT2D eigenvalue weighted by Gasteiger charge is -2.24. The summed E-state index contributed by atoms with van der Waals surface area (Å²) in [7, 11) is -2.51. The van der Waals surface area contributed by atoms with Gasteiger partial charge >= 0.3 is 5.63 Å². The lowest BCUT2D eigenvalue weighted by molar-refractivity contribution is -0.173. The Morgan fingerprint density at radius 2 is 1.85 bits per heavy atom. The Bertz CT molecular complexity index is 984. The van der Waals surface area contributed by atoms with Crippen molar-refractivity contribution in [3.63, 3.8) is 0 Å². The summed E-state index contributed by atoms with van der Waals surface area (Å²) in [5.41, 5.74) is 5.90. The van der Waals surface area contributed by atoms with Crippen molar-refractivity contribution in [1.82, 2.24) is 0 Å². The van der Waals surface area contributed by atoms with E-state index in [1.807, 2.05) is 30.3 Å². The Morgan fingerprint density at radius 3 is 2.50 bits per heavy atom. The Balaban J connectivity index is 2.31. The molecule has 0 amide bonds. The molecule has 0 aliphatic rings. The SMILES string of the molecule is CC(=O)CC(c1ccccc1)c1c(OP(N)[O-])c2ccccc2oc1=O. The number of nitrogens with two attached hydrogens (primary N) is 1. The van der Waals surface area contributed by atoms with Crippen LogP contribution in [0.5, 0.6) is 5.75 Å². The minimum absolute atomic E-state index is 0.0742. The third-order valence-corrected chi connectivity index (χ3v) is 4.38. The van der Waals surface area contributed by atoms with Gasteiger partial charge in [-0.15, -0.1) is 0 Å². The van der Waals surface area contributed by atoms with Crippen LogP contribution in [0.15, 0.2) is 63.8 Å². The van der Waals surface area contributed by atoms with Gasteiger partial charge in [0, 0.05) is 12.3 Å². The molecular weight excluding hydrogens is 353 g/mol. The molecule has 2 N–H and O–H groups in total. The summed E-state index contributed by atoms with van der Waals surface area (Å²) in [6.07, 6.45) is 0.0742. The van der Waals surface area contributed by atoms with Crippen LogP contribution >= 0.6 is 8.53 Å². The zero-order valence-corrected chi connectivity index (χ0v) is 14.9. The summed E-state index contributed by atoms with van der Waals surface area (Å²) >= 11 is 0. The van der Waals surface area contributed by atoms with Crippen molar-refractivity contribution in [2.24, 2.45) is 5.50 Å². The zero-order valence-electron chi connectivity index (χ0n) is 14.0. The van der Waals surface area contributed by atoms with Crippen LogP contribution in [0.2, 0.25) is 0 Å². The topological polar surface area (TPSA) is 106 Å². The first-order valence-electron chi connectivity index (χ1n) is 7.97. The van der Waals surface area contributed by atoms with Crippen LogP contribution in [-0.2, 0) is 4.79 Å². The molecule has 0 spiro atoms. The number of benzene rings is 2. The van der Waals surface area contributed by atoms with E-state index in [4.69, 9.17) is 14.4 Å². The fourth-order valence-corrected chi connectivity index (χ4v) is 3.36. The van der Waals surface area contributed by atoms with Crippen LogP contribution in [0.3, 0.4) is 0 Å². The average Bonchev–Trinajstić information content (AvgIpc) is 2.60. The van der Waals surface area contributed by atoms with E-state index in [1.165, 1.54) is 6.92 Å². The second-order valence-corrected chi connectivity index (χ2v) is 6.63. The number of para-hydroxylation sites is 1. The van der Waals surface area contributed by atoms with Crippen LogP contribution in [0.1, 0.15) is 30.4 Å². The highest BCUT2D eigenvalue weighted by Gasteiger charge is 2.27. The molecule has 0 bridgehead atoms. The number of hydrogen-bond donors (Lipinski definition) is 1. The highest BCUT2D eigenvalue weighted by molar-refractivity contribution is 7.42. The molecule has 0 saturated heterocycles. The maximum atomic E-state index is 12.7. The molecule has 1 heterocycles. The van der Waals surface area contributed by atoms with Crippen molar-refractivity contribution >= 4 is 25.3 Å². The van der Waals surface area contributed by atoms with Gasteiger partial charge in [-0.05, 0) is 24.6 Å². The highest BCUT2D eigenvalue weighted by Crippen LogP contribution is 2.40. The smallest absolute Gasteiger partial charge is 0.343 e. The van der Waals surface area contributed by atoms with Gasteiger partial charge in [-0.1, -0.05) is 42.5 Å². The molecule has 134 valence electrons. The number of ketones is 1. The normalized spacial score (nSPS) is 13.3. The van der Waals surface area contributed by atoms with Crippen molar-refractivity contribution in [3.8, 4) is 5.75 Å². The van der Waals surface area contributed by atoms with E-state index >= 15 is 0 Å². The van der Waals surface area contributed by atoms with E-state index < -0.39 is 20.1 Å². The van der Waals surface area contributed by atoms with Gasteiger partial charge in [-0.3, -0.25) is 10.3 Å². The quantitative estimate of drug-likeness (QED) is 0.528. The van der Waals surface area contributed by atoms with Gasteiger partial charge in [0.05, 0.1) is 19.5 Å². The Labute approximate surface area is 151 Å². The Kier molecular flexibility index (Phi) is 5.47. The third-order valence-electron chi connectivity index (χ3n) is 4.02. The predicted octanol–water partition coefficient (Wildman–Crippen LogP) is 2.83. The Morgan fingerprint density at radius 1 is 1.19 bits per heavy atom. The molecule has 0 fully saturated rings. The fourth-order valence-electron chi connectivity index (χ4n) is 2.98. The van der Waals surface area contributed by atoms with Crippen molar-refractivity contribution in [3.05, 3.63) is 76.1 Å². The van der Waals surface area contributed by atoms with E-state index in [-0.39, 0.29) is 23.5 Å². The molecule has 6 nitrogen and oxygen atoms in total. The number of hydrogen-bond acceptors (Lipinski definition) is 6. The van der Waals surface area contributed by atoms with Crippen LogP contribution in [0, 0.1) is 0 Å². The number of carbonyl (C=O) groups excluding carboxylic acids is 1. The van der Waals surface area contributed by atoms with Crippen molar-refractivity contribution in [2.45, 2.75) is 19.3 Å². The molecule has 0 aliphatic carbocycles. The molecule has 1 aromatic heterocycles. The number of fused-ring (bicyclic) bond motifs is 1. The van der Waals surface area contributed by atoms with E-state index in [0.29, 0.717) is 11.0 Å². The van der Waals surface area contributed by atoms with Crippen LogP contribution in [-0.4, -0.2) is 5.78 Å². The van der Waals surface area contributed by atoms with Crippen LogP contribution < -0.4 is 20.5 Å². The van der Waals surface area contributed by atoms with Gasteiger partial charge in [-0.25, -0.2) is 4.79 Å². The number of carbonyl (C=O) groups is 1. The average molecular weight is 370 g/mol. The van der Waals surface area contributed by atoms with E-state index in [9.17, 15) is 14.5 Å². The highest BCUT2D eigenvalue weighted by atomic mass is 31.2. The van der Waals surface area contributed by atoms with Crippen molar-refractivity contribution in [2.75, 3.05) is 0 Å². The van der Waals surface area contributed by atoms with E-state index in [1.54, 1.807) is 24.3 Å². The second kappa shape index (κ2) is 7.79.